The fourth-order valence-corrected chi connectivity index (χ4v) is 0. The van der Waals surface area contributed by atoms with Gasteiger partial charge in [-0.2, -0.15) is 0 Å². The standard InChI is InChI=1S/BH3O3.Gd.Sr.Y.2H/c2-1(3)4;;;;;/h2-4H;;;;;. The predicted octanol–water partition coefficient (Wildman–Crippen LogP) is -2.97. The molecule has 7 heteroatoms. The first-order valence-corrected chi connectivity index (χ1v) is 0.775. The summed E-state index contributed by atoms with van der Waals surface area (Å²) in [6, 6.07) is 0. The second kappa shape index (κ2) is 16.4. The van der Waals surface area contributed by atoms with Gasteiger partial charge < -0.3 is 15.1 Å². The summed E-state index contributed by atoms with van der Waals surface area (Å²) in [5.41, 5.74) is 0. The molecule has 0 rings (SSSR count). The number of hydrogen-bond donors (Lipinski definition) is 3. The van der Waals surface area contributed by atoms with Crippen molar-refractivity contribution in [3.8, 4) is 0 Å². The van der Waals surface area contributed by atoms with E-state index in [4.69, 9.17) is 15.1 Å². The summed E-state index contributed by atoms with van der Waals surface area (Å²) in [5.74, 6) is 0. The van der Waals surface area contributed by atoms with E-state index in [0.29, 0.717) is 0 Å². The summed E-state index contributed by atoms with van der Waals surface area (Å²) in [4.78, 5) is 0. The Kier molecular flexibility index (Phi) is 52.7. The topological polar surface area (TPSA) is 60.7 Å². The molecule has 3 nitrogen and oxygen atoms in total. The Balaban J connectivity index is -0.0000000150. The third-order valence-electron chi connectivity index (χ3n) is 0. The van der Waals surface area contributed by atoms with Crippen molar-refractivity contribution in [1.29, 1.82) is 0 Å². The van der Waals surface area contributed by atoms with Crippen molar-refractivity contribution in [3.05, 3.63) is 0 Å². The molecule has 0 unspecified atom stereocenters. The molecule has 0 aliphatic rings. The van der Waals surface area contributed by atoms with Crippen LogP contribution in [-0.4, -0.2) is 67.9 Å². The third kappa shape index (κ3) is 40.9. The van der Waals surface area contributed by atoms with E-state index in [1.54, 1.807) is 0 Å². The molecular formula is H5BGdO3SrY. The van der Waals surface area contributed by atoms with E-state index in [1.807, 2.05) is 0 Å². The molecule has 0 aromatic heterocycles. The molecule has 0 amide bonds. The quantitative estimate of drug-likeness (QED) is 0.383. The van der Waals surface area contributed by atoms with Gasteiger partial charge in [0.2, 0.25) is 0 Å². The molecule has 0 aromatic carbocycles. The number of rotatable bonds is 0. The zero-order chi connectivity index (χ0) is 3.58. The minimum absolute atomic E-state index is 0. The molecule has 1 radical (unpaired) electrons. The zero-order valence-corrected chi connectivity index (χ0v) is 7.96. The van der Waals surface area contributed by atoms with Crippen molar-refractivity contribution in [3.63, 3.8) is 0 Å². The van der Waals surface area contributed by atoms with Crippen LogP contribution in [0.25, 0.3) is 0 Å². The van der Waals surface area contributed by atoms with Gasteiger partial charge in [-0.25, -0.2) is 0 Å². The van der Waals surface area contributed by atoms with Crippen LogP contribution in [0.15, 0.2) is 0 Å². The molecule has 0 fully saturated rings. The molecule has 39 valence electrons. The second-order valence-electron chi connectivity index (χ2n) is 0.346. The molecule has 0 atom stereocenters. The summed E-state index contributed by atoms with van der Waals surface area (Å²) in [7, 11) is -2.17. The first kappa shape index (κ1) is 22.4. The molecule has 7 heavy (non-hydrogen) atoms. The van der Waals surface area contributed by atoms with Gasteiger partial charge in [-0.3, -0.25) is 0 Å². The van der Waals surface area contributed by atoms with Crippen molar-refractivity contribution in [2.75, 3.05) is 0 Å². The molecule has 0 heterocycles. The van der Waals surface area contributed by atoms with Crippen LogP contribution in [-0.2, 0) is 32.7 Å². The predicted molar refractivity (Wildman–Crippen MR) is 21.0 cm³/mol. The van der Waals surface area contributed by atoms with E-state index in [2.05, 4.69) is 0 Å². The van der Waals surface area contributed by atoms with E-state index in [0.717, 1.165) is 0 Å². The zero-order valence-electron chi connectivity index (χ0n) is 2.85. The normalized spacial score (nSPS) is 3.86. The molecule has 0 bridgehead atoms. The van der Waals surface area contributed by atoms with Gasteiger partial charge in [-0.05, 0) is 0 Å². The molecular weight excluding hydrogens is 393 g/mol. The minimum atomic E-state index is -2.17. The van der Waals surface area contributed by atoms with Crippen LogP contribution in [0.1, 0.15) is 0 Å². The molecule has 0 aromatic rings. The van der Waals surface area contributed by atoms with Crippen LogP contribution in [0.4, 0.5) is 0 Å². The van der Waals surface area contributed by atoms with E-state index < -0.39 is 7.32 Å². The molecule has 0 saturated heterocycles. The van der Waals surface area contributed by atoms with Crippen LogP contribution in [0.3, 0.4) is 0 Å². The van der Waals surface area contributed by atoms with Crippen molar-refractivity contribution in [1.82, 2.24) is 0 Å². The average Bonchev–Trinajstić information content (AvgIpc) is 0.811. The van der Waals surface area contributed by atoms with Crippen molar-refractivity contribution in [2.24, 2.45) is 0 Å². The summed E-state index contributed by atoms with van der Waals surface area (Å²) in [6.45, 7) is 0. The average molecular weight is 398 g/mol. The SMILES string of the molecule is OB(O)O.[Gd].[SrH2].[Y]. The maximum Gasteiger partial charge on any atom is 0 e. The summed E-state index contributed by atoms with van der Waals surface area (Å²) in [5, 5.41) is 21.5. The first-order chi connectivity index (χ1) is 1.73. The smallest absolute Gasteiger partial charge is 0 e. The molecule has 0 aliphatic carbocycles. The van der Waals surface area contributed by atoms with Gasteiger partial charge in [0.05, 0.1) is 0 Å². The summed E-state index contributed by atoms with van der Waals surface area (Å²) in [6.07, 6.45) is 0. The summed E-state index contributed by atoms with van der Waals surface area (Å²) >= 11 is 0. The molecule has 3 N–H and O–H groups in total. The Morgan fingerprint density at radius 3 is 1.00 bits per heavy atom. The van der Waals surface area contributed by atoms with Crippen molar-refractivity contribution < 1.29 is 87.7 Å². The maximum atomic E-state index is 7.17. The Hall–Kier alpha value is 3.85. The van der Waals surface area contributed by atoms with E-state index in [9.17, 15) is 0 Å². The molecule has 0 saturated carbocycles. The van der Waals surface area contributed by atoms with Crippen molar-refractivity contribution >= 4 is 52.8 Å². The van der Waals surface area contributed by atoms with Crippen LogP contribution in [0.5, 0.6) is 0 Å². The third-order valence-corrected chi connectivity index (χ3v) is 0. The monoisotopic (exact) mass is 399 g/mol. The fraction of sp³-hybridized carbons (Fsp3) is 0. The van der Waals surface area contributed by atoms with E-state index in [1.165, 1.54) is 0 Å². The summed E-state index contributed by atoms with van der Waals surface area (Å²) < 4.78 is 0. The van der Waals surface area contributed by atoms with Gasteiger partial charge in [-0.1, -0.05) is 0 Å². The van der Waals surface area contributed by atoms with Crippen molar-refractivity contribution in [2.45, 2.75) is 0 Å². The minimum Gasteiger partial charge on any atom is 0 e. The fourth-order valence-electron chi connectivity index (χ4n) is 0. The number of hydrogen-bond acceptors (Lipinski definition) is 3. The van der Waals surface area contributed by atoms with E-state index in [-0.39, 0.29) is 118 Å². The maximum absolute atomic E-state index is 7.17. The Morgan fingerprint density at radius 2 is 1.00 bits per heavy atom. The Labute approximate surface area is 137 Å². The van der Waals surface area contributed by atoms with Crippen LogP contribution < -0.4 is 0 Å². The first-order valence-electron chi connectivity index (χ1n) is 0.775. The van der Waals surface area contributed by atoms with Gasteiger partial charge in [0.1, 0.15) is 0 Å². The van der Waals surface area contributed by atoms with Gasteiger partial charge in [0.15, 0.2) is 0 Å². The molecule has 0 aliphatic heterocycles. The van der Waals surface area contributed by atoms with Gasteiger partial charge in [0.25, 0.3) is 0 Å². The van der Waals surface area contributed by atoms with E-state index >= 15 is 0 Å². The van der Waals surface area contributed by atoms with Gasteiger partial charge in [0, 0.05) is 72.6 Å². The van der Waals surface area contributed by atoms with Crippen LogP contribution in [0, 0.1) is 39.9 Å². The van der Waals surface area contributed by atoms with Crippen LogP contribution >= 0.6 is 0 Å². The Morgan fingerprint density at radius 1 is 1.00 bits per heavy atom. The van der Waals surface area contributed by atoms with Gasteiger partial charge >= 0.3 is 52.8 Å². The molecule has 0 spiro atoms. The van der Waals surface area contributed by atoms with Gasteiger partial charge in [-0.15, -0.1) is 0 Å². The largest absolute Gasteiger partial charge is 0 e. The Bertz CT molecular complexity index is 19.7. The second-order valence-corrected chi connectivity index (χ2v) is 0.346. The van der Waals surface area contributed by atoms with Crippen LogP contribution in [0.2, 0.25) is 0 Å².